The molecule has 0 aliphatic carbocycles. The zero-order chi connectivity index (χ0) is 17.2. The lowest BCUT2D eigenvalue weighted by Gasteiger charge is -2.20. The van der Waals surface area contributed by atoms with Crippen molar-refractivity contribution in [3.05, 3.63) is 66.0 Å². The summed E-state index contributed by atoms with van der Waals surface area (Å²) < 4.78 is 0. The molecule has 24 heavy (non-hydrogen) atoms. The maximum Gasteiger partial charge on any atom is 0.239 e. The van der Waals surface area contributed by atoms with E-state index in [2.05, 4.69) is 22.4 Å². The Balaban J connectivity index is 1.73. The molecule has 0 saturated heterocycles. The number of hydrogen-bond acceptors (Lipinski definition) is 3. The minimum atomic E-state index is -0.137. The first-order valence-corrected chi connectivity index (χ1v) is 8.10. The van der Waals surface area contributed by atoms with Crippen molar-refractivity contribution in [1.82, 2.24) is 15.2 Å². The van der Waals surface area contributed by atoms with E-state index < -0.39 is 0 Å². The fourth-order valence-corrected chi connectivity index (χ4v) is 2.38. The van der Waals surface area contributed by atoms with Crippen LogP contribution in [-0.4, -0.2) is 34.8 Å². The van der Waals surface area contributed by atoms with E-state index in [1.807, 2.05) is 30.3 Å². The fourth-order valence-electron chi connectivity index (χ4n) is 2.38. The summed E-state index contributed by atoms with van der Waals surface area (Å²) in [6.45, 7) is 2.53. The van der Waals surface area contributed by atoms with Gasteiger partial charge in [-0.25, -0.2) is 0 Å². The molecule has 0 radical (unpaired) electrons. The molecular weight excluding hydrogens is 302 g/mol. The second kappa shape index (κ2) is 9.45. The molecule has 0 unspecified atom stereocenters. The SMILES string of the molecule is CC(=O)N(CC(=O)NCCCc1ccccc1)Cc1cccnc1. The molecule has 0 atom stereocenters. The lowest BCUT2D eigenvalue weighted by molar-refractivity contribution is -0.134. The highest BCUT2D eigenvalue weighted by molar-refractivity contribution is 5.83. The molecule has 1 aromatic heterocycles. The molecular formula is C19H23N3O2. The molecule has 0 fully saturated rings. The molecule has 0 bridgehead atoms. The lowest BCUT2D eigenvalue weighted by atomic mass is 10.1. The van der Waals surface area contributed by atoms with Gasteiger partial charge in [0, 0.05) is 32.4 Å². The van der Waals surface area contributed by atoms with Crippen molar-refractivity contribution in [3.63, 3.8) is 0 Å². The van der Waals surface area contributed by atoms with Crippen LogP contribution < -0.4 is 5.32 Å². The number of hydrogen-bond donors (Lipinski definition) is 1. The van der Waals surface area contributed by atoms with Gasteiger partial charge in [-0.3, -0.25) is 14.6 Å². The molecule has 0 saturated carbocycles. The van der Waals surface area contributed by atoms with Crippen LogP contribution in [-0.2, 0) is 22.6 Å². The molecule has 2 rings (SSSR count). The molecule has 2 aromatic rings. The smallest absolute Gasteiger partial charge is 0.239 e. The quantitative estimate of drug-likeness (QED) is 0.757. The standard InChI is InChI=1S/C19H23N3O2/c1-16(23)22(14-18-10-5-11-20-13-18)15-19(24)21-12-6-9-17-7-3-2-4-8-17/h2-5,7-8,10-11,13H,6,9,12,14-15H2,1H3,(H,21,24). The van der Waals surface area contributed by atoms with Gasteiger partial charge in [0.15, 0.2) is 0 Å². The van der Waals surface area contributed by atoms with Crippen LogP contribution in [0.5, 0.6) is 0 Å². The number of nitrogens with one attached hydrogen (secondary N) is 1. The minimum Gasteiger partial charge on any atom is -0.355 e. The van der Waals surface area contributed by atoms with Crippen molar-refractivity contribution in [3.8, 4) is 0 Å². The molecule has 0 spiro atoms. The Kier molecular flexibility index (Phi) is 6.95. The van der Waals surface area contributed by atoms with Crippen molar-refractivity contribution in [2.24, 2.45) is 0 Å². The third-order valence-electron chi connectivity index (χ3n) is 3.68. The number of benzene rings is 1. The maximum absolute atomic E-state index is 12.0. The van der Waals surface area contributed by atoms with Gasteiger partial charge in [0.25, 0.3) is 0 Å². The Bertz CT molecular complexity index is 644. The van der Waals surface area contributed by atoms with E-state index in [0.29, 0.717) is 13.1 Å². The number of carbonyl (C=O) groups is 2. The van der Waals surface area contributed by atoms with E-state index >= 15 is 0 Å². The maximum atomic E-state index is 12.0. The molecule has 5 heteroatoms. The highest BCUT2D eigenvalue weighted by atomic mass is 16.2. The van der Waals surface area contributed by atoms with Crippen LogP contribution in [0.1, 0.15) is 24.5 Å². The van der Waals surface area contributed by atoms with Gasteiger partial charge in [-0.1, -0.05) is 36.4 Å². The van der Waals surface area contributed by atoms with Gasteiger partial charge in [0.1, 0.15) is 0 Å². The summed E-state index contributed by atoms with van der Waals surface area (Å²) in [6, 6.07) is 13.9. The van der Waals surface area contributed by atoms with Crippen molar-refractivity contribution < 1.29 is 9.59 Å². The van der Waals surface area contributed by atoms with Crippen molar-refractivity contribution >= 4 is 11.8 Å². The average molecular weight is 325 g/mol. The highest BCUT2D eigenvalue weighted by Gasteiger charge is 2.13. The van der Waals surface area contributed by atoms with Crippen molar-refractivity contribution in [2.75, 3.05) is 13.1 Å². The average Bonchev–Trinajstić information content (AvgIpc) is 2.60. The summed E-state index contributed by atoms with van der Waals surface area (Å²) >= 11 is 0. The van der Waals surface area contributed by atoms with Crippen LogP contribution >= 0.6 is 0 Å². The predicted molar refractivity (Wildman–Crippen MR) is 93.1 cm³/mol. The summed E-state index contributed by atoms with van der Waals surface area (Å²) in [5, 5.41) is 2.88. The number of aryl methyl sites for hydroxylation is 1. The first-order valence-electron chi connectivity index (χ1n) is 8.10. The molecule has 0 aliphatic rings. The zero-order valence-corrected chi connectivity index (χ0v) is 13.9. The number of carbonyl (C=O) groups excluding carboxylic acids is 2. The van der Waals surface area contributed by atoms with Crippen LogP contribution in [0.15, 0.2) is 54.9 Å². The Morgan fingerprint density at radius 1 is 1.08 bits per heavy atom. The van der Waals surface area contributed by atoms with E-state index in [4.69, 9.17) is 0 Å². The van der Waals surface area contributed by atoms with E-state index in [0.717, 1.165) is 18.4 Å². The highest BCUT2D eigenvalue weighted by Crippen LogP contribution is 2.04. The van der Waals surface area contributed by atoms with Gasteiger partial charge in [-0.2, -0.15) is 0 Å². The van der Waals surface area contributed by atoms with E-state index in [1.165, 1.54) is 17.4 Å². The summed E-state index contributed by atoms with van der Waals surface area (Å²) in [5.41, 5.74) is 2.17. The number of pyridine rings is 1. The molecule has 126 valence electrons. The molecule has 1 aromatic carbocycles. The van der Waals surface area contributed by atoms with Crippen LogP contribution in [0.25, 0.3) is 0 Å². The molecule has 2 amide bonds. The van der Waals surface area contributed by atoms with Crippen molar-refractivity contribution in [2.45, 2.75) is 26.3 Å². The Hall–Kier alpha value is -2.69. The molecule has 5 nitrogen and oxygen atoms in total. The second-order valence-corrected chi connectivity index (χ2v) is 5.68. The van der Waals surface area contributed by atoms with Gasteiger partial charge >= 0.3 is 0 Å². The van der Waals surface area contributed by atoms with Gasteiger partial charge in [-0.15, -0.1) is 0 Å². The Labute approximate surface area is 142 Å². The van der Waals surface area contributed by atoms with E-state index in [1.54, 1.807) is 12.4 Å². The molecule has 0 aliphatic heterocycles. The van der Waals surface area contributed by atoms with Crippen LogP contribution in [0.2, 0.25) is 0 Å². The van der Waals surface area contributed by atoms with Gasteiger partial charge in [0.2, 0.25) is 11.8 Å². The van der Waals surface area contributed by atoms with Crippen molar-refractivity contribution in [1.29, 1.82) is 0 Å². The number of rotatable bonds is 8. The van der Waals surface area contributed by atoms with Gasteiger partial charge < -0.3 is 10.2 Å². The third kappa shape index (κ3) is 6.20. The van der Waals surface area contributed by atoms with Crippen LogP contribution in [0.4, 0.5) is 0 Å². The number of nitrogens with zero attached hydrogens (tertiary/aromatic N) is 2. The van der Waals surface area contributed by atoms with Gasteiger partial charge in [-0.05, 0) is 30.0 Å². The predicted octanol–water partition coefficient (Wildman–Crippen LogP) is 2.18. The fraction of sp³-hybridized carbons (Fsp3) is 0.316. The van der Waals surface area contributed by atoms with Crippen LogP contribution in [0, 0.1) is 0 Å². The zero-order valence-electron chi connectivity index (χ0n) is 13.9. The summed E-state index contributed by atoms with van der Waals surface area (Å²) in [4.78, 5) is 29.3. The van der Waals surface area contributed by atoms with Gasteiger partial charge in [0.05, 0.1) is 6.54 Å². The lowest BCUT2D eigenvalue weighted by Crippen LogP contribution is -2.39. The normalized spacial score (nSPS) is 10.2. The number of amides is 2. The molecule has 1 N–H and O–H groups in total. The number of aromatic nitrogens is 1. The Morgan fingerprint density at radius 2 is 1.83 bits per heavy atom. The largest absolute Gasteiger partial charge is 0.355 e. The minimum absolute atomic E-state index is 0.0650. The topological polar surface area (TPSA) is 62.3 Å². The van der Waals surface area contributed by atoms with E-state index in [-0.39, 0.29) is 18.4 Å². The Morgan fingerprint density at radius 3 is 2.50 bits per heavy atom. The summed E-state index contributed by atoms with van der Waals surface area (Å²) in [7, 11) is 0. The summed E-state index contributed by atoms with van der Waals surface area (Å²) in [6.07, 6.45) is 5.18. The second-order valence-electron chi connectivity index (χ2n) is 5.68. The summed E-state index contributed by atoms with van der Waals surface area (Å²) in [5.74, 6) is -0.263. The van der Waals surface area contributed by atoms with E-state index in [9.17, 15) is 9.59 Å². The first-order chi connectivity index (χ1) is 11.6. The molecule has 1 heterocycles. The first kappa shape index (κ1) is 17.7. The third-order valence-corrected chi connectivity index (χ3v) is 3.68. The monoisotopic (exact) mass is 325 g/mol. The van der Waals surface area contributed by atoms with Crippen LogP contribution in [0.3, 0.4) is 0 Å².